The zero-order valence-electron chi connectivity index (χ0n) is 14.0. The van der Waals surface area contributed by atoms with Crippen molar-refractivity contribution >= 4 is 0 Å². The molecule has 0 saturated heterocycles. The van der Waals surface area contributed by atoms with Crippen LogP contribution in [0, 0.1) is 5.92 Å². The van der Waals surface area contributed by atoms with Gasteiger partial charge < -0.3 is 10.2 Å². The molecule has 0 aromatic heterocycles. The SMILES string of the molecule is C=CC(Cc1ccccc1)[C@H](O)[C@@H](O)CCCCCCCC. The summed E-state index contributed by atoms with van der Waals surface area (Å²) in [7, 11) is 0. The maximum Gasteiger partial charge on any atom is 0.0864 e. The minimum atomic E-state index is -0.728. The predicted octanol–water partition coefficient (Wildman–Crippen LogP) is 4.50. The second-order valence-corrected chi connectivity index (χ2v) is 6.20. The first-order chi connectivity index (χ1) is 10.7. The molecule has 0 heterocycles. The van der Waals surface area contributed by atoms with Gasteiger partial charge in [-0.1, -0.05) is 81.9 Å². The molecule has 0 aliphatic carbocycles. The molecule has 1 rings (SSSR count). The first-order valence-electron chi connectivity index (χ1n) is 8.71. The van der Waals surface area contributed by atoms with Crippen LogP contribution in [-0.2, 0) is 6.42 Å². The molecule has 1 aromatic rings. The lowest BCUT2D eigenvalue weighted by molar-refractivity contribution is -0.0105. The maximum absolute atomic E-state index is 10.4. The Balaban J connectivity index is 2.33. The van der Waals surface area contributed by atoms with Crippen LogP contribution in [0.4, 0.5) is 0 Å². The van der Waals surface area contributed by atoms with Crippen LogP contribution in [0.1, 0.15) is 57.4 Å². The molecule has 22 heavy (non-hydrogen) atoms. The molecule has 0 aliphatic rings. The number of hydrogen-bond donors (Lipinski definition) is 2. The molecule has 0 aliphatic heterocycles. The number of hydrogen-bond acceptors (Lipinski definition) is 2. The minimum Gasteiger partial charge on any atom is -0.390 e. The molecule has 2 heteroatoms. The summed E-state index contributed by atoms with van der Waals surface area (Å²) < 4.78 is 0. The molecule has 3 atom stereocenters. The summed E-state index contributed by atoms with van der Waals surface area (Å²) >= 11 is 0. The highest BCUT2D eigenvalue weighted by molar-refractivity contribution is 5.16. The molecule has 0 saturated carbocycles. The van der Waals surface area contributed by atoms with Gasteiger partial charge in [-0.05, 0) is 18.4 Å². The molecule has 1 aromatic carbocycles. The molecule has 1 unspecified atom stereocenters. The van der Waals surface area contributed by atoms with Gasteiger partial charge in [0.25, 0.3) is 0 Å². The van der Waals surface area contributed by atoms with Crippen molar-refractivity contribution in [3.05, 3.63) is 48.6 Å². The van der Waals surface area contributed by atoms with Crippen LogP contribution in [-0.4, -0.2) is 22.4 Å². The van der Waals surface area contributed by atoms with Gasteiger partial charge in [-0.25, -0.2) is 0 Å². The van der Waals surface area contributed by atoms with Crippen LogP contribution in [0.5, 0.6) is 0 Å². The summed E-state index contributed by atoms with van der Waals surface area (Å²) in [6.45, 7) is 6.03. The van der Waals surface area contributed by atoms with E-state index in [-0.39, 0.29) is 5.92 Å². The lowest BCUT2D eigenvalue weighted by Gasteiger charge is -2.24. The highest BCUT2D eigenvalue weighted by atomic mass is 16.3. The fourth-order valence-electron chi connectivity index (χ4n) is 2.82. The van der Waals surface area contributed by atoms with E-state index in [9.17, 15) is 10.2 Å². The van der Waals surface area contributed by atoms with Crippen LogP contribution in [0.15, 0.2) is 43.0 Å². The summed E-state index contributed by atoms with van der Waals surface area (Å²) in [5.41, 5.74) is 1.17. The molecule has 0 spiro atoms. The largest absolute Gasteiger partial charge is 0.390 e. The number of aliphatic hydroxyl groups is 2. The first kappa shape index (κ1) is 18.9. The number of benzene rings is 1. The van der Waals surface area contributed by atoms with E-state index >= 15 is 0 Å². The monoisotopic (exact) mass is 304 g/mol. The molecule has 2 nitrogen and oxygen atoms in total. The van der Waals surface area contributed by atoms with Crippen molar-refractivity contribution in [3.8, 4) is 0 Å². The quantitative estimate of drug-likeness (QED) is 0.441. The fraction of sp³-hybridized carbons (Fsp3) is 0.600. The fourth-order valence-corrected chi connectivity index (χ4v) is 2.82. The van der Waals surface area contributed by atoms with Crippen LogP contribution in [0.25, 0.3) is 0 Å². The van der Waals surface area contributed by atoms with Gasteiger partial charge in [0.1, 0.15) is 0 Å². The Morgan fingerprint density at radius 3 is 2.27 bits per heavy atom. The van der Waals surface area contributed by atoms with Gasteiger partial charge >= 0.3 is 0 Å². The molecule has 124 valence electrons. The van der Waals surface area contributed by atoms with Crippen LogP contribution in [0.2, 0.25) is 0 Å². The van der Waals surface area contributed by atoms with Crippen molar-refractivity contribution in [2.24, 2.45) is 5.92 Å². The number of rotatable bonds is 12. The normalized spacial score (nSPS) is 15.2. The second-order valence-electron chi connectivity index (χ2n) is 6.20. The third-order valence-corrected chi connectivity index (χ3v) is 4.30. The van der Waals surface area contributed by atoms with Gasteiger partial charge in [0.15, 0.2) is 0 Å². The lowest BCUT2D eigenvalue weighted by Crippen LogP contribution is -2.33. The van der Waals surface area contributed by atoms with E-state index < -0.39 is 12.2 Å². The van der Waals surface area contributed by atoms with Gasteiger partial charge in [-0.15, -0.1) is 6.58 Å². The summed E-state index contributed by atoms with van der Waals surface area (Å²) in [5, 5.41) is 20.6. The minimum absolute atomic E-state index is 0.0995. The molecular weight excluding hydrogens is 272 g/mol. The molecule has 0 bridgehead atoms. The number of aliphatic hydroxyl groups excluding tert-OH is 2. The molecule has 0 amide bonds. The summed E-state index contributed by atoms with van der Waals surface area (Å²) in [5.74, 6) is -0.0995. The Morgan fingerprint density at radius 1 is 1.00 bits per heavy atom. The van der Waals surface area contributed by atoms with E-state index in [1.54, 1.807) is 6.08 Å². The van der Waals surface area contributed by atoms with Crippen molar-refractivity contribution in [2.75, 3.05) is 0 Å². The van der Waals surface area contributed by atoms with Crippen LogP contribution < -0.4 is 0 Å². The van der Waals surface area contributed by atoms with E-state index in [0.29, 0.717) is 6.42 Å². The van der Waals surface area contributed by atoms with E-state index in [1.807, 2.05) is 30.3 Å². The summed E-state index contributed by atoms with van der Waals surface area (Å²) in [6, 6.07) is 10.1. The van der Waals surface area contributed by atoms with Crippen LogP contribution in [0.3, 0.4) is 0 Å². The van der Waals surface area contributed by atoms with Crippen LogP contribution >= 0.6 is 0 Å². The molecule has 0 fully saturated rings. The van der Waals surface area contributed by atoms with Gasteiger partial charge in [-0.2, -0.15) is 0 Å². The summed E-state index contributed by atoms with van der Waals surface area (Å²) in [6.07, 6.45) is 8.95. The Kier molecular flexibility index (Phi) is 9.85. The Bertz CT molecular complexity index is 388. The van der Waals surface area contributed by atoms with Gasteiger partial charge in [0.2, 0.25) is 0 Å². The Labute approximate surface area is 135 Å². The second kappa shape index (κ2) is 11.4. The average molecular weight is 304 g/mol. The lowest BCUT2D eigenvalue weighted by atomic mass is 9.89. The van der Waals surface area contributed by atoms with E-state index in [0.717, 1.165) is 19.3 Å². The smallest absolute Gasteiger partial charge is 0.0864 e. The Hall–Kier alpha value is -1.12. The average Bonchev–Trinajstić information content (AvgIpc) is 2.56. The van der Waals surface area contributed by atoms with Gasteiger partial charge in [0, 0.05) is 5.92 Å². The number of unbranched alkanes of at least 4 members (excludes halogenated alkanes) is 5. The molecular formula is C20H32O2. The van der Waals surface area contributed by atoms with Crippen molar-refractivity contribution in [1.82, 2.24) is 0 Å². The topological polar surface area (TPSA) is 40.5 Å². The van der Waals surface area contributed by atoms with E-state index in [2.05, 4.69) is 13.5 Å². The Morgan fingerprint density at radius 2 is 1.64 bits per heavy atom. The molecule has 2 N–H and O–H groups in total. The molecule has 0 radical (unpaired) electrons. The van der Waals surface area contributed by atoms with Gasteiger partial charge in [0.05, 0.1) is 12.2 Å². The van der Waals surface area contributed by atoms with E-state index in [1.165, 1.54) is 31.2 Å². The third kappa shape index (κ3) is 7.24. The zero-order valence-corrected chi connectivity index (χ0v) is 14.0. The highest BCUT2D eigenvalue weighted by Crippen LogP contribution is 2.19. The van der Waals surface area contributed by atoms with Gasteiger partial charge in [-0.3, -0.25) is 0 Å². The first-order valence-corrected chi connectivity index (χ1v) is 8.71. The van der Waals surface area contributed by atoms with Crippen molar-refractivity contribution in [2.45, 2.75) is 70.5 Å². The predicted molar refractivity (Wildman–Crippen MR) is 93.8 cm³/mol. The maximum atomic E-state index is 10.4. The summed E-state index contributed by atoms with van der Waals surface area (Å²) in [4.78, 5) is 0. The highest BCUT2D eigenvalue weighted by Gasteiger charge is 2.23. The third-order valence-electron chi connectivity index (χ3n) is 4.30. The van der Waals surface area contributed by atoms with Crippen molar-refractivity contribution in [3.63, 3.8) is 0 Å². The standard InChI is InChI=1S/C20H32O2/c1-3-5-6-7-8-12-15-19(21)20(22)18(4-2)16-17-13-10-9-11-14-17/h4,9-11,13-14,18-22H,2-3,5-8,12,15-16H2,1H3/t18?,19-,20-/m0/s1. The van der Waals surface area contributed by atoms with Crippen molar-refractivity contribution in [1.29, 1.82) is 0 Å². The van der Waals surface area contributed by atoms with E-state index in [4.69, 9.17) is 0 Å². The van der Waals surface area contributed by atoms with Crippen molar-refractivity contribution < 1.29 is 10.2 Å². The zero-order chi connectivity index (χ0) is 16.2.